The van der Waals surface area contributed by atoms with Gasteiger partial charge in [0, 0.05) is 30.5 Å². The van der Waals surface area contributed by atoms with E-state index in [0.717, 1.165) is 0 Å². The topological polar surface area (TPSA) is 125 Å². The van der Waals surface area contributed by atoms with Gasteiger partial charge in [-0.25, -0.2) is 0 Å². The number of rotatable bonds is 6. The lowest BCUT2D eigenvalue weighted by molar-refractivity contribution is -0.384. The van der Waals surface area contributed by atoms with Gasteiger partial charge in [0.1, 0.15) is 0 Å². The Balaban J connectivity index is 2.10. The Hall–Kier alpha value is -2.77. The molecule has 0 aliphatic rings. The summed E-state index contributed by atoms with van der Waals surface area (Å²) in [6.07, 6.45) is 1.20. The quantitative estimate of drug-likeness (QED) is 0.628. The van der Waals surface area contributed by atoms with Crippen molar-refractivity contribution in [3.05, 3.63) is 40.3 Å². The van der Waals surface area contributed by atoms with Gasteiger partial charge in [0.05, 0.1) is 4.92 Å². The van der Waals surface area contributed by atoms with E-state index in [4.69, 9.17) is 10.3 Å². The number of carbonyl (C=O) groups excluding carboxylic acids is 1. The Bertz CT molecular complexity index is 638. The van der Waals surface area contributed by atoms with Crippen molar-refractivity contribution in [1.82, 2.24) is 10.1 Å². The monoisotopic (exact) mass is 276 g/mol. The standard InChI is InChI=1S/C12H12N4O4/c13-10(17)5-2-6-11-14-12(15-20-11)8-3-1-4-9(7-8)16(18)19/h1,3-4,7H,2,5-6H2,(H2,13,17). The Morgan fingerprint density at radius 1 is 1.45 bits per heavy atom. The predicted octanol–water partition coefficient (Wildman–Crippen LogP) is 1.45. The molecule has 0 aliphatic carbocycles. The van der Waals surface area contributed by atoms with E-state index >= 15 is 0 Å². The van der Waals surface area contributed by atoms with Gasteiger partial charge in [-0.2, -0.15) is 4.98 Å². The molecule has 0 unspecified atom stereocenters. The van der Waals surface area contributed by atoms with E-state index in [-0.39, 0.29) is 23.8 Å². The molecule has 0 saturated heterocycles. The summed E-state index contributed by atoms with van der Waals surface area (Å²) in [7, 11) is 0. The predicted molar refractivity (Wildman–Crippen MR) is 68.5 cm³/mol. The molecule has 104 valence electrons. The molecule has 8 heteroatoms. The molecule has 0 radical (unpaired) electrons. The molecule has 1 amide bonds. The Morgan fingerprint density at radius 2 is 2.25 bits per heavy atom. The minimum atomic E-state index is -0.489. The van der Waals surface area contributed by atoms with Crippen LogP contribution in [0.1, 0.15) is 18.7 Å². The lowest BCUT2D eigenvalue weighted by Crippen LogP contribution is -2.10. The van der Waals surface area contributed by atoms with E-state index in [2.05, 4.69) is 10.1 Å². The second kappa shape index (κ2) is 5.91. The van der Waals surface area contributed by atoms with Crippen LogP contribution in [0.5, 0.6) is 0 Å². The Labute approximate surface area is 113 Å². The lowest BCUT2D eigenvalue weighted by Gasteiger charge is -1.94. The van der Waals surface area contributed by atoms with Crippen LogP contribution in [0.4, 0.5) is 5.69 Å². The molecule has 1 heterocycles. The van der Waals surface area contributed by atoms with Crippen LogP contribution in [-0.2, 0) is 11.2 Å². The average Bonchev–Trinajstić information content (AvgIpc) is 2.87. The minimum absolute atomic E-state index is 0.0393. The molecule has 0 fully saturated rings. The summed E-state index contributed by atoms with van der Waals surface area (Å²) < 4.78 is 5.02. The summed E-state index contributed by atoms with van der Waals surface area (Å²) in [6.45, 7) is 0. The zero-order valence-corrected chi connectivity index (χ0v) is 10.5. The molecule has 0 atom stereocenters. The number of amides is 1. The highest BCUT2D eigenvalue weighted by atomic mass is 16.6. The number of primary amides is 1. The first-order valence-electron chi connectivity index (χ1n) is 5.92. The van der Waals surface area contributed by atoms with Gasteiger partial charge in [-0.1, -0.05) is 17.3 Å². The van der Waals surface area contributed by atoms with Crippen molar-refractivity contribution in [2.24, 2.45) is 5.73 Å². The van der Waals surface area contributed by atoms with Crippen LogP contribution in [-0.4, -0.2) is 21.0 Å². The van der Waals surface area contributed by atoms with Gasteiger partial charge in [0.2, 0.25) is 17.6 Å². The molecular formula is C12H12N4O4. The second-order valence-electron chi connectivity index (χ2n) is 4.14. The number of carbonyl (C=O) groups is 1. The van der Waals surface area contributed by atoms with Crippen molar-refractivity contribution < 1.29 is 14.2 Å². The van der Waals surface area contributed by atoms with Crippen molar-refractivity contribution >= 4 is 11.6 Å². The third-order valence-corrected chi connectivity index (χ3v) is 2.60. The summed E-state index contributed by atoms with van der Waals surface area (Å²) in [5.74, 6) is 0.263. The van der Waals surface area contributed by atoms with Crippen molar-refractivity contribution in [1.29, 1.82) is 0 Å². The molecule has 0 saturated carbocycles. The molecule has 20 heavy (non-hydrogen) atoms. The van der Waals surface area contributed by atoms with Crippen LogP contribution in [0.3, 0.4) is 0 Å². The van der Waals surface area contributed by atoms with Crippen molar-refractivity contribution in [2.75, 3.05) is 0 Å². The number of non-ortho nitro benzene ring substituents is 1. The van der Waals surface area contributed by atoms with Crippen LogP contribution in [0.25, 0.3) is 11.4 Å². The van der Waals surface area contributed by atoms with Gasteiger partial charge < -0.3 is 10.3 Å². The number of aryl methyl sites for hydroxylation is 1. The van der Waals surface area contributed by atoms with Gasteiger partial charge in [-0.15, -0.1) is 0 Å². The highest BCUT2D eigenvalue weighted by Gasteiger charge is 2.12. The normalized spacial score (nSPS) is 10.4. The Kier molecular flexibility index (Phi) is 4.04. The van der Waals surface area contributed by atoms with Gasteiger partial charge in [0.15, 0.2) is 0 Å². The number of nitrogens with zero attached hydrogens (tertiary/aromatic N) is 3. The summed E-state index contributed by atoms with van der Waals surface area (Å²) in [5, 5.41) is 14.5. The van der Waals surface area contributed by atoms with Gasteiger partial charge in [-0.3, -0.25) is 14.9 Å². The van der Waals surface area contributed by atoms with E-state index in [1.807, 2.05) is 0 Å². The van der Waals surface area contributed by atoms with Gasteiger partial charge in [-0.05, 0) is 6.42 Å². The van der Waals surface area contributed by atoms with Gasteiger partial charge >= 0.3 is 0 Å². The molecule has 2 N–H and O–H groups in total. The molecule has 2 aromatic rings. The first kappa shape index (κ1) is 13.7. The summed E-state index contributed by atoms with van der Waals surface area (Å²) >= 11 is 0. The molecule has 0 aliphatic heterocycles. The number of nitro groups is 1. The highest BCUT2D eigenvalue weighted by Crippen LogP contribution is 2.21. The van der Waals surface area contributed by atoms with E-state index in [0.29, 0.717) is 24.3 Å². The third-order valence-electron chi connectivity index (χ3n) is 2.60. The van der Waals surface area contributed by atoms with E-state index in [1.165, 1.54) is 12.1 Å². The van der Waals surface area contributed by atoms with Crippen LogP contribution in [0.2, 0.25) is 0 Å². The number of benzene rings is 1. The number of hydrogen-bond acceptors (Lipinski definition) is 6. The fourth-order valence-corrected chi connectivity index (χ4v) is 1.65. The maximum Gasteiger partial charge on any atom is 0.270 e. The summed E-state index contributed by atoms with van der Waals surface area (Å²) in [5.41, 5.74) is 5.49. The first-order valence-corrected chi connectivity index (χ1v) is 5.92. The SMILES string of the molecule is NC(=O)CCCc1nc(-c2cccc([N+](=O)[O-])c2)no1. The molecule has 1 aromatic heterocycles. The zero-order chi connectivity index (χ0) is 14.5. The van der Waals surface area contributed by atoms with Gasteiger partial charge in [0.25, 0.3) is 5.69 Å². The molecule has 0 spiro atoms. The lowest BCUT2D eigenvalue weighted by atomic mass is 10.2. The number of aromatic nitrogens is 2. The molecule has 0 bridgehead atoms. The summed E-state index contributed by atoms with van der Waals surface area (Å²) in [6, 6.07) is 5.97. The largest absolute Gasteiger partial charge is 0.370 e. The summed E-state index contributed by atoms with van der Waals surface area (Å²) in [4.78, 5) is 24.9. The maximum atomic E-state index is 10.7. The molecule has 1 aromatic carbocycles. The average molecular weight is 276 g/mol. The molecule has 2 rings (SSSR count). The minimum Gasteiger partial charge on any atom is -0.370 e. The fourth-order valence-electron chi connectivity index (χ4n) is 1.65. The van der Waals surface area contributed by atoms with Crippen LogP contribution >= 0.6 is 0 Å². The number of hydrogen-bond donors (Lipinski definition) is 1. The molecular weight excluding hydrogens is 264 g/mol. The number of nitro benzene ring substituents is 1. The molecule has 8 nitrogen and oxygen atoms in total. The fraction of sp³-hybridized carbons (Fsp3) is 0.250. The first-order chi connectivity index (χ1) is 9.56. The maximum absolute atomic E-state index is 10.7. The second-order valence-corrected chi connectivity index (χ2v) is 4.14. The van der Waals surface area contributed by atoms with E-state index in [9.17, 15) is 14.9 Å². The van der Waals surface area contributed by atoms with Crippen molar-refractivity contribution in [2.45, 2.75) is 19.3 Å². The zero-order valence-electron chi connectivity index (χ0n) is 10.5. The van der Waals surface area contributed by atoms with E-state index < -0.39 is 4.92 Å². The van der Waals surface area contributed by atoms with Crippen molar-refractivity contribution in [3.8, 4) is 11.4 Å². The highest BCUT2D eigenvalue weighted by molar-refractivity contribution is 5.73. The smallest absolute Gasteiger partial charge is 0.270 e. The van der Waals surface area contributed by atoms with E-state index in [1.54, 1.807) is 12.1 Å². The van der Waals surface area contributed by atoms with Crippen molar-refractivity contribution in [3.63, 3.8) is 0 Å². The number of nitrogens with two attached hydrogens (primary N) is 1. The van der Waals surface area contributed by atoms with Crippen LogP contribution < -0.4 is 5.73 Å². The van der Waals surface area contributed by atoms with Crippen LogP contribution in [0.15, 0.2) is 28.8 Å². The Morgan fingerprint density at radius 3 is 2.95 bits per heavy atom. The van der Waals surface area contributed by atoms with Crippen LogP contribution in [0, 0.1) is 10.1 Å². The third kappa shape index (κ3) is 3.37.